The summed E-state index contributed by atoms with van der Waals surface area (Å²) in [5.74, 6) is -0.838. The van der Waals surface area contributed by atoms with Gasteiger partial charge < -0.3 is 20.1 Å². The number of nitrogens with one attached hydrogen (secondary N) is 4. The van der Waals surface area contributed by atoms with Gasteiger partial charge in [0, 0.05) is 42.5 Å². The van der Waals surface area contributed by atoms with Crippen LogP contribution in [0.3, 0.4) is 0 Å². The first-order valence-electron chi connectivity index (χ1n) is 12.9. The molecule has 1 aromatic heterocycles. The SMILES string of the molecule is CCOC1=CN2NC3NNCC3=C2C(c2ccc(N3CC[C@H](NC(=O)c4cc(F)ccc4F)[C@H](O)C3)nc2)=C1. The number of pyridine rings is 1. The second kappa shape index (κ2) is 10.4. The predicted molar refractivity (Wildman–Crippen MR) is 139 cm³/mol. The first kappa shape index (κ1) is 25.4. The molecule has 1 aromatic carbocycles. The van der Waals surface area contributed by atoms with Gasteiger partial charge in [0.1, 0.15) is 29.4 Å². The maximum atomic E-state index is 14.0. The molecule has 2 saturated heterocycles. The monoisotopic (exact) mass is 537 g/mol. The highest BCUT2D eigenvalue weighted by atomic mass is 19.1. The van der Waals surface area contributed by atoms with Gasteiger partial charge in [-0.2, -0.15) is 0 Å². The molecular formula is C27H29F2N7O3. The maximum Gasteiger partial charge on any atom is 0.254 e. The lowest BCUT2D eigenvalue weighted by molar-refractivity contribution is 0.0793. The number of aliphatic hydroxyl groups excluding tert-OH is 1. The van der Waals surface area contributed by atoms with E-state index in [2.05, 4.69) is 26.6 Å². The number of fused-ring (bicyclic) bond motifs is 2. The molecule has 0 aliphatic carbocycles. The molecule has 12 heteroatoms. The van der Waals surface area contributed by atoms with Crippen LogP contribution < -0.4 is 26.5 Å². The summed E-state index contributed by atoms with van der Waals surface area (Å²) in [6, 6.07) is 6.02. The molecule has 4 aliphatic rings. The predicted octanol–water partition coefficient (Wildman–Crippen LogP) is 1.51. The fourth-order valence-electron chi connectivity index (χ4n) is 5.33. The van der Waals surface area contributed by atoms with Gasteiger partial charge in [-0.15, -0.1) is 0 Å². The van der Waals surface area contributed by atoms with Crippen LogP contribution in [-0.4, -0.2) is 65.6 Å². The van der Waals surface area contributed by atoms with Gasteiger partial charge in [-0.25, -0.2) is 24.6 Å². The molecule has 5 N–H and O–H groups in total. The molecule has 10 nitrogen and oxygen atoms in total. The van der Waals surface area contributed by atoms with Gasteiger partial charge in [-0.3, -0.25) is 15.2 Å². The van der Waals surface area contributed by atoms with Crippen molar-refractivity contribution in [1.29, 1.82) is 0 Å². The van der Waals surface area contributed by atoms with Crippen molar-refractivity contribution in [3.63, 3.8) is 0 Å². The number of carbonyl (C=O) groups excluding carboxylic acids is 1. The van der Waals surface area contributed by atoms with Gasteiger partial charge in [-0.05, 0) is 49.8 Å². The van der Waals surface area contributed by atoms with E-state index in [4.69, 9.17) is 4.74 Å². The van der Waals surface area contributed by atoms with Gasteiger partial charge in [0.2, 0.25) is 0 Å². The minimum absolute atomic E-state index is 0.00598. The smallest absolute Gasteiger partial charge is 0.254 e. The highest BCUT2D eigenvalue weighted by molar-refractivity contribution is 5.94. The summed E-state index contributed by atoms with van der Waals surface area (Å²) in [7, 11) is 0. The van der Waals surface area contributed by atoms with Crippen molar-refractivity contribution in [1.82, 2.24) is 31.6 Å². The third-order valence-corrected chi connectivity index (χ3v) is 7.25. The fourth-order valence-corrected chi connectivity index (χ4v) is 5.33. The van der Waals surface area contributed by atoms with Crippen LogP contribution in [-0.2, 0) is 4.74 Å². The van der Waals surface area contributed by atoms with Crippen molar-refractivity contribution in [3.8, 4) is 0 Å². The zero-order valence-corrected chi connectivity index (χ0v) is 21.2. The van der Waals surface area contributed by atoms with Crippen LogP contribution in [0, 0.1) is 11.6 Å². The number of nitrogens with zero attached hydrogens (tertiary/aromatic N) is 3. The summed E-state index contributed by atoms with van der Waals surface area (Å²) in [6.45, 7) is 3.95. The molecule has 0 bridgehead atoms. The standard InChI is InChI=1S/C27H29F2N7O3/c1-2-39-17-10-18(25-20-12-31-33-26(20)34-36(25)13-17)15-3-6-24(30-11-15)35-8-7-22(23(37)14-35)32-27(38)19-9-16(28)4-5-21(19)29/h3-6,9-11,13,22-23,26,31,33-34,37H,2,7-8,12,14H2,1H3,(H,32,38)/t22-,23+,26?/m0/s1. The van der Waals surface area contributed by atoms with Crippen LogP contribution in [0.15, 0.2) is 65.8 Å². The van der Waals surface area contributed by atoms with E-state index < -0.39 is 29.7 Å². The van der Waals surface area contributed by atoms with Crippen molar-refractivity contribution >= 4 is 17.3 Å². The number of aromatic nitrogens is 1. The number of amides is 1. The first-order chi connectivity index (χ1) is 18.9. The van der Waals surface area contributed by atoms with E-state index in [-0.39, 0.29) is 18.3 Å². The Bertz CT molecular complexity index is 1380. The lowest BCUT2D eigenvalue weighted by Crippen LogP contribution is -2.54. The molecule has 5 heterocycles. The van der Waals surface area contributed by atoms with Gasteiger partial charge in [0.15, 0.2) is 0 Å². The number of hydrogen-bond acceptors (Lipinski definition) is 9. The van der Waals surface area contributed by atoms with E-state index in [1.165, 1.54) is 5.57 Å². The van der Waals surface area contributed by atoms with Crippen molar-refractivity contribution in [2.75, 3.05) is 31.1 Å². The Morgan fingerprint density at radius 1 is 1.28 bits per heavy atom. The number of carbonyl (C=O) groups is 1. The number of hydrazine groups is 2. The largest absolute Gasteiger partial charge is 0.492 e. The molecular weight excluding hydrogens is 508 g/mol. The average molecular weight is 538 g/mol. The fraction of sp³-hybridized carbons (Fsp3) is 0.333. The van der Waals surface area contributed by atoms with Crippen LogP contribution in [0.1, 0.15) is 29.3 Å². The third-order valence-electron chi connectivity index (χ3n) is 7.25. The Balaban J connectivity index is 1.15. The third kappa shape index (κ3) is 4.87. The first-order valence-corrected chi connectivity index (χ1v) is 12.9. The molecule has 204 valence electrons. The Labute approximate surface area is 224 Å². The molecule has 3 atom stereocenters. The lowest BCUT2D eigenvalue weighted by atomic mass is 9.97. The number of rotatable bonds is 6. The highest BCUT2D eigenvalue weighted by Crippen LogP contribution is 2.38. The summed E-state index contributed by atoms with van der Waals surface area (Å²) >= 11 is 0. The van der Waals surface area contributed by atoms with Gasteiger partial charge >= 0.3 is 0 Å². The Kier molecular flexibility index (Phi) is 6.77. The van der Waals surface area contributed by atoms with Gasteiger partial charge in [0.05, 0.1) is 36.2 Å². The molecule has 1 amide bonds. The van der Waals surface area contributed by atoms with Crippen LogP contribution in [0.4, 0.5) is 14.6 Å². The number of β-amino-alcohol motifs (C(OH)–C–C–N with tert-alkyl or cyclic N) is 1. The number of piperidine rings is 1. The molecule has 0 saturated carbocycles. The second-order valence-electron chi connectivity index (χ2n) is 9.74. The Hall–Kier alpha value is -3.84. The van der Waals surface area contributed by atoms with Crippen molar-refractivity contribution in [2.45, 2.75) is 31.7 Å². The molecule has 0 spiro atoms. The number of hydrogen-bond donors (Lipinski definition) is 5. The van der Waals surface area contributed by atoms with Crippen LogP contribution in [0.5, 0.6) is 0 Å². The molecule has 0 radical (unpaired) electrons. The van der Waals surface area contributed by atoms with E-state index in [0.29, 0.717) is 31.9 Å². The van der Waals surface area contributed by atoms with Crippen molar-refractivity contribution < 1.29 is 23.4 Å². The molecule has 6 rings (SSSR count). The summed E-state index contributed by atoms with van der Waals surface area (Å²) in [5.41, 5.74) is 13.6. The number of ether oxygens (including phenoxy) is 1. The van der Waals surface area contributed by atoms with Crippen molar-refractivity contribution in [3.05, 3.63) is 88.6 Å². The number of benzene rings is 1. The van der Waals surface area contributed by atoms with Gasteiger partial charge in [-0.1, -0.05) is 0 Å². The number of allylic oxidation sites excluding steroid dienone is 2. The summed E-state index contributed by atoms with van der Waals surface area (Å²) in [5, 5.41) is 15.4. The second-order valence-corrected chi connectivity index (χ2v) is 9.74. The van der Waals surface area contributed by atoms with Crippen LogP contribution in [0.25, 0.3) is 5.57 Å². The summed E-state index contributed by atoms with van der Waals surface area (Å²) in [4.78, 5) is 19.1. The lowest BCUT2D eigenvalue weighted by Gasteiger charge is -2.37. The number of halogens is 2. The molecule has 39 heavy (non-hydrogen) atoms. The van der Waals surface area contributed by atoms with E-state index >= 15 is 0 Å². The summed E-state index contributed by atoms with van der Waals surface area (Å²) in [6.07, 6.45) is 5.25. The zero-order chi connectivity index (χ0) is 27.1. The Morgan fingerprint density at radius 2 is 2.15 bits per heavy atom. The minimum Gasteiger partial charge on any atom is -0.492 e. The number of aliphatic hydroxyl groups is 1. The van der Waals surface area contributed by atoms with Gasteiger partial charge in [0.25, 0.3) is 5.91 Å². The minimum atomic E-state index is -0.912. The summed E-state index contributed by atoms with van der Waals surface area (Å²) < 4.78 is 33.3. The quantitative estimate of drug-likeness (QED) is 0.374. The molecule has 2 aromatic rings. The number of anilines is 1. The molecule has 1 unspecified atom stereocenters. The molecule has 4 aliphatic heterocycles. The average Bonchev–Trinajstić information content (AvgIpc) is 3.52. The van der Waals surface area contributed by atoms with Crippen LogP contribution in [0.2, 0.25) is 0 Å². The zero-order valence-electron chi connectivity index (χ0n) is 21.2. The van der Waals surface area contributed by atoms with E-state index in [0.717, 1.165) is 40.8 Å². The van der Waals surface area contributed by atoms with Crippen molar-refractivity contribution in [2.24, 2.45) is 0 Å². The normalized spacial score (nSPS) is 24.3. The maximum absolute atomic E-state index is 14.0. The van der Waals surface area contributed by atoms with E-state index in [9.17, 15) is 18.7 Å². The topological polar surface area (TPSA) is 114 Å². The molecule has 2 fully saturated rings. The van der Waals surface area contributed by atoms with E-state index in [1.807, 2.05) is 41.2 Å². The van der Waals surface area contributed by atoms with E-state index in [1.54, 1.807) is 6.20 Å². The highest BCUT2D eigenvalue weighted by Gasteiger charge is 2.37. The van der Waals surface area contributed by atoms with Crippen LogP contribution >= 0.6 is 0 Å². The Morgan fingerprint density at radius 3 is 2.92 bits per heavy atom.